The second-order valence-corrected chi connectivity index (χ2v) is 11.1. The Balaban J connectivity index is 1.50. The van der Waals surface area contributed by atoms with Crippen molar-refractivity contribution in [2.45, 2.75) is 75.8 Å². The lowest BCUT2D eigenvalue weighted by atomic mass is 9.67. The SMILES string of the molecule is Cc1c(C2(NCC3CCCCC3)CCC(c3cccc(F)c3)(N(C)C)CC2)[nH]c2ccccc12. The fourth-order valence-corrected chi connectivity index (χ4v) is 6.87. The predicted octanol–water partition coefficient (Wildman–Crippen LogP) is 7.01. The first-order valence-corrected chi connectivity index (χ1v) is 13.2. The van der Waals surface area contributed by atoms with Gasteiger partial charge in [0.2, 0.25) is 0 Å². The largest absolute Gasteiger partial charge is 0.357 e. The van der Waals surface area contributed by atoms with Gasteiger partial charge in [-0.2, -0.15) is 0 Å². The van der Waals surface area contributed by atoms with Crippen LogP contribution in [0.1, 0.15) is 74.6 Å². The zero-order valence-electron chi connectivity index (χ0n) is 21.1. The summed E-state index contributed by atoms with van der Waals surface area (Å²) in [5, 5.41) is 5.46. The number of fused-ring (bicyclic) bond motifs is 1. The highest BCUT2D eigenvalue weighted by Gasteiger charge is 2.47. The average molecular weight is 462 g/mol. The van der Waals surface area contributed by atoms with Crippen molar-refractivity contribution in [3.05, 3.63) is 71.2 Å². The van der Waals surface area contributed by atoms with Crippen molar-refractivity contribution in [3.63, 3.8) is 0 Å². The average Bonchev–Trinajstić information content (AvgIpc) is 3.21. The van der Waals surface area contributed by atoms with Gasteiger partial charge in [-0.15, -0.1) is 0 Å². The molecule has 1 aromatic heterocycles. The second kappa shape index (κ2) is 9.47. The molecule has 2 saturated carbocycles. The number of aryl methyl sites for hydroxylation is 1. The summed E-state index contributed by atoms with van der Waals surface area (Å²) in [6, 6.07) is 16.0. The minimum absolute atomic E-state index is 0.0760. The lowest BCUT2D eigenvalue weighted by molar-refractivity contribution is 0.0490. The number of hydrogen-bond acceptors (Lipinski definition) is 2. The van der Waals surface area contributed by atoms with Gasteiger partial charge in [0.05, 0.1) is 5.54 Å². The molecular weight excluding hydrogens is 421 g/mol. The molecule has 2 fully saturated rings. The third kappa shape index (κ3) is 4.20. The normalized spacial score (nSPS) is 26.4. The molecule has 0 atom stereocenters. The fraction of sp³-hybridized carbons (Fsp3) is 0.533. The Kier molecular flexibility index (Phi) is 6.56. The van der Waals surface area contributed by atoms with E-state index in [4.69, 9.17) is 0 Å². The number of halogens is 1. The number of para-hydroxylation sites is 1. The summed E-state index contributed by atoms with van der Waals surface area (Å²) >= 11 is 0. The lowest BCUT2D eigenvalue weighted by Crippen LogP contribution is -2.54. The molecule has 2 aromatic carbocycles. The van der Waals surface area contributed by atoms with E-state index in [9.17, 15) is 4.39 Å². The molecule has 34 heavy (non-hydrogen) atoms. The Morgan fingerprint density at radius 2 is 1.71 bits per heavy atom. The van der Waals surface area contributed by atoms with Crippen molar-refractivity contribution in [1.82, 2.24) is 15.2 Å². The number of aromatic amines is 1. The Labute approximate surface area is 204 Å². The molecule has 2 aliphatic rings. The van der Waals surface area contributed by atoms with Gasteiger partial charge in [-0.25, -0.2) is 4.39 Å². The van der Waals surface area contributed by atoms with Crippen LogP contribution in [-0.4, -0.2) is 30.5 Å². The molecule has 182 valence electrons. The molecule has 0 saturated heterocycles. The van der Waals surface area contributed by atoms with Crippen LogP contribution in [0.3, 0.4) is 0 Å². The summed E-state index contributed by atoms with van der Waals surface area (Å²) in [4.78, 5) is 6.16. The number of rotatable bonds is 6. The molecule has 5 rings (SSSR count). The van der Waals surface area contributed by atoms with Crippen LogP contribution in [0.2, 0.25) is 0 Å². The first-order chi connectivity index (χ1) is 16.4. The van der Waals surface area contributed by atoms with Gasteiger partial charge in [0, 0.05) is 22.1 Å². The van der Waals surface area contributed by atoms with Crippen LogP contribution in [0.15, 0.2) is 48.5 Å². The van der Waals surface area contributed by atoms with Crippen LogP contribution in [0.25, 0.3) is 10.9 Å². The van der Waals surface area contributed by atoms with Crippen molar-refractivity contribution in [3.8, 4) is 0 Å². The lowest BCUT2D eigenvalue weighted by Gasteiger charge is -2.51. The molecular formula is C30H40FN3. The Bertz CT molecular complexity index is 1120. The van der Waals surface area contributed by atoms with Crippen LogP contribution in [0.4, 0.5) is 4.39 Å². The number of nitrogens with zero attached hydrogens (tertiary/aromatic N) is 1. The van der Waals surface area contributed by atoms with Gasteiger partial charge in [0.15, 0.2) is 0 Å². The molecule has 3 nitrogen and oxygen atoms in total. The number of H-pyrrole nitrogens is 1. The van der Waals surface area contributed by atoms with Crippen LogP contribution < -0.4 is 5.32 Å². The van der Waals surface area contributed by atoms with Crippen molar-refractivity contribution < 1.29 is 4.39 Å². The van der Waals surface area contributed by atoms with Crippen molar-refractivity contribution in [2.24, 2.45) is 5.92 Å². The topological polar surface area (TPSA) is 31.1 Å². The molecule has 0 unspecified atom stereocenters. The molecule has 1 heterocycles. The van der Waals surface area contributed by atoms with E-state index in [1.54, 1.807) is 12.1 Å². The number of benzene rings is 2. The van der Waals surface area contributed by atoms with Gasteiger partial charge in [-0.1, -0.05) is 49.6 Å². The Hall–Kier alpha value is -2.17. The van der Waals surface area contributed by atoms with E-state index < -0.39 is 0 Å². The quantitative estimate of drug-likeness (QED) is 0.414. The van der Waals surface area contributed by atoms with E-state index in [1.807, 2.05) is 6.07 Å². The first kappa shape index (κ1) is 23.6. The Morgan fingerprint density at radius 1 is 0.971 bits per heavy atom. The summed E-state index contributed by atoms with van der Waals surface area (Å²) in [6.07, 6.45) is 10.9. The van der Waals surface area contributed by atoms with Crippen molar-refractivity contribution in [2.75, 3.05) is 20.6 Å². The second-order valence-electron chi connectivity index (χ2n) is 11.1. The van der Waals surface area contributed by atoms with E-state index in [0.717, 1.165) is 43.7 Å². The zero-order valence-corrected chi connectivity index (χ0v) is 21.1. The maximum Gasteiger partial charge on any atom is 0.123 e. The van der Waals surface area contributed by atoms with Crippen molar-refractivity contribution >= 4 is 10.9 Å². The van der Waals surface area contributed by atoms with Crippen LogP contribution >= 0.6 is 0 Å². The van der Waals surface area contributed by atoms with E-state index >= 15 is 0 Å². The predicted molar refractivity (Wildman–Crippen MR) is 140 cm³/mol. The van der Waals surface area contributed by atoms with Gasteiger partial charge in [-0.05, 0) is 101 Å². The molecule has 0 aliphatic heterocycles. The van der Waals surface area contributed by atoms with E-state index in [0.29, 0.717) is 0 Å². The molecule has 0 bridgehead atoms. The number of nitrogens with one attached hydrogen (secondary N) is 2. The molecule has 0 radical (unpaired) electrons. The third-order valence-electron chi connectivity index (χ3n) is 9.05. The standard InChI is InChI=1S/C30H40FN3/c1-22-26-14-7-8-15-27(26)33-28(22)29(32-21-23-10-5-4-6-11-23)16-18-30(19-17-29,34(2)3)24-12-9-13-25(31)20-24/h7-9,12-15,20,23,32-33H,4-6,10-11,16-19,21H2,1-3H3. The molecule has 0 amide bonds. The van der Waals surface area contributed by atoms with Crippen LogP contribution in [0, 0.1) is 18.7 Å². The minimum atomic E-state index is -0.141. The van der Waals surface area contributed by atoms with E-state index in [1.165, 1.54) is 54.3 Å². The molecule has 2 N–H and O–H groups in total. The summed E-state index contributed by atoms with van der Waals surface area (Å²) in [5.74, 6) is 0.636. The summed E-state index contributed by atoms with van der Waals surface area (Å²) < 4.78 is 14.2. The monoisotopic (exact) mass is 461 g/mol. The minimum Gasteiger partial charge on any atom is -0.357 e. The highest BCUT2D eigenvalue weighted by Crippen LogP contribution is 2.49. The van der Waals surface area contributed by atoms with Gasteiger partial charge in [-0.3, -0.25) is 4.90 Å². The summed E-state index contributed by atoms with van der Waals surface area (Å²) in [6.45, 7) is 3.36. The smallest absolute Gasteiger partial charge is 0.123 e. The maximum absolute atomic E-state index is 14.2. The fourth-order valence-electron chi connectivity index (χ4n) is 6.87. The van der Waals surface area contributed by atoms with E-state index in [-0.39, 0.29) is 16.9 Å². The van der Waals surface area contributed by atoms with Crippen molar-refractivity contribution in [1.29, 1.82) is 0 Å². The Morgan fingerprint density at radius 3 is 2.38 bits per heavy atom. The summed E-state index contributed by atoms with van der Waals surface area (Å²) in [5.41, 5.74) is 4.84. The zero-order chi connectivity index (χ0) is 23.8. The number of hydrogen-bond donors (Lipinski definition) is 2. The van der Waals surface area contributed by atoms with Crippen LogP contribution in [-0.2, 0) is 11.1 Å². The summed E-state index contributed by atoms with van der Waals surface area (Å²) in [7, 11) is 4.31. The molecule has 2 aliphatic carbocycles. The van der Waals surface area contributed by atoms with E-state index in [2.05, 4.69) is 66.6 Å². The highest BCUT2D eigenvalue weighted by molar-refractivity contribution is 5.84. The molecule has 4 heteroatoms. The molecule has 0 spiro atoms. The van der Waals surface area contributed by atoms with Crippen LogP contribution in [0.5, 0.6) is 0 Å². The van der Waals surface area contributed by atoms with Gasteiger partial charge in [0.1, 0.15) is 5.82 Å². The number of aromatic nitrogens is 1. The van der Waals surface area contributed by atoms with Gasteiger partial charge < -0.3 is 10.3 Å². The van der Waals surface area contributed by atoms with Gasteiger partial charge in [0.25, 0.3) is 0 Å². The maximum atomic E-state index is 14.2. The third-order valence-corrected chi connectivity index (χ3v) is 9.05. The highest BCUT2D eigenvalue weighted by atomic mass is 19.1. The van der Waals surface area contributed by atoms with Gasteiger partial charge >= 0.3 is 0 Å². The molecule has 3 aromatic rings. The first-order valence-electron chi connectivity index (χ1n) is 13.2.